The van der Waals surface area contributed by atoms with Crippen LogP contribution in [0.5, 0.6) is 5.75 Å². The average molecular weight is 224 g/mol. The number of amides is 2. The van der Waals surface area contributed by atoms with Crippen molar-refractivity contribution in [2.75, 3.05) is 6.61 Å². The van der Waals surface area contributed by atoms with Gasteiger partial charge in [-0.1, -0.05) is 18.2 Å². The van der Waals surface area contributed by atoms with Crippen molar-refractivity contribution < 1.29 is 14.7 Å². The van der Waals surface area contributed by atoms with Gasteiger partial charge in [0.15, 0.2) is 0 Å². The van der Waals surface area contributed by atoms with Gasteiger partial charge in [-0.15, -0.1) is 0 Å². The summed E-state index contributed by atoms with van der Waals surface area (Å²) < 4.78 is 5.40. The normalized spacial score (nSPS) is 11.9. The van der Waals surface area contributed by atoms with E-state index in [1.807, 2.05) is 19.1 Å². The molecule has 2 amide bonds. The Hall–Kier alpha value is -1.75. The first-order chi connectivity index (χ1) is 7.57. The van der Waals surface area contributed by atoms with Gasteiger partial charge in [0.1, 0.15) is 5.75 Å². The Bertz CT molecular complexity index is 368. The van der Waals surface area contributed by atoms with Gasteiger partial charge in [0.2, 0.25) is 0 Å². The van der Waals surface area contributed by atoms with Crippen LogP contribution in [0.2, 0.25) is 0 Å². The van der Waals surface area contributed by atoms with Crippen LogP contribution in [-0.4, -0.2) is 22.9 Å². The molecule has 88 valence electrons. The highest BCUT2D eigenvalue weighted by Crippen LogP contribution is 2.27. The van der Waals surface area contributed by atoms with Crippen LogP contribution in [0.4, 0.5) is 4.79 Å². The highest BCUT2D eigenvalue weighted by atomic mass is 16.5. The largest absolute Gasteiger partial charge is 0.494 e. The first kappa shape index (κ1) is 12.3. The zero-order valence-electron chi connectivity index (χ0n) is 9.38. The van der Waals surface area contributed by atoms with Crippen LogP contribution < -0.4 is 10.5 Å². The molecule has 0 saturated heterocycles. The highest BCUT2D eigenvalue weighted by molar-refractivity contribution is 5.71. The molecule has 1 atom stereocenters. The van der Waals surface area contributed by atoms with E-state index >= 15 is 0 Å². The summed E-state index contributed by atoms with van der Waals surface area (Å²) in [5.41, 5.74) is 5.71. The molecule has 0 fully saturated rings. The molecule has 1 unspecified atom stereocenters. The Balaban J connectivity index is 2.97. The van der Waals surface area contributed by atoms with Crippen LogP contribution in [0.15, 0.2) is 24.3 Å². The molecule has 0 radical (unpaired) electrons. The van der Waals surface area contributed by atoms with Crippen LogP contribution in [0.3, 0.4) is 0 Å². The van der Waals surface area contributed by atoms with Crippen molar-refractivity contribution in [3.05, 3.63) is 29.8 Å². The van der Waals surface area contributed by atoms with Crippen LogP contribution in [0.1, 0.15) is 25.5 Å². The monoisotopic (exact) mass is 224 g/mol. The van der Waals surface area contributed by atoms with Gasteiger partial charge < -0.3 is 10.5 Å². The Morgan fingerprint density at radius 1 is 1.56 bits per heavy atom. The molecule has 3 N–H and O–H groups in total. The third kappa shape index (κ3) is 2.64. The molecule has 5 nitrogen and oxygen atoms in total. The maximum Gasteiger partial charge on any atom is 0.339 e. The maximum absolute atomic E-state index is 10.8. The molecule has 16 heavy (non-hydrogen) atoms. The number of ether oxygens (including phenoxy) is 1. The highest BCUT2D eigenvalue weighted by Gasteiger charge is 2.20. The standard InChI is InChI=1S/C11H16N2O3/c1-3-16-10-7-5-4-6-9(10)8(2)13(15)11(12)14/h4-8,15H,3H2,1-2H3,(H2,12,14). The molecule has 0 bridgehead atoms. The molecular weight excluding hydrogens is 208 g/mol. The molecular formula is C11H16N2O3. The van der Waals surface area contributed by atoms with E-state index in [0.717, 1.165) is 0 Å². The van der Waals surface area contributed by atoms with E-state index in [1.54, 1.807) is 19.1 Å². The first-order valence-corrected chi connectivity index (χ1v) is 5.07. The summed E-state index contributed by atoms with van der Waals surface area (Å²) in [5, 5.41) is 9.93. The van der Waals surface area contributed by atoms with E-state index in [0.29, 0.717) is 23.0 Å². The summed E-state index contributed by atoms with van der Waals surface area (Å²) in [4.78, 5) is 10.8. The second kappa shape index (κ2) is 5.37. The lowest BCUT2D eigenvalue weighted by Crippen LogP contribution is -2.34. The minimum Gasteiger partial charge on any atom is -0.494 e. The Labute approximate surface area is 94.4 Å². The number of carbonyl (C=O) groups excluding carboxylic acids is 1. The SMILES string of the molecule is CCOc1ccccc1C(C)N(O)C(N)=O. The molecule has 5 heteroatoms. The Kier molecular flexibility index (Phi) is 4.13. The predicted octanol–water partition coefficient (Wildman–Crippen LogP) is 1.92. The number of hydrogen-bond donors (Lipinski definition) is 2. The number of nitrogens with two attached hydrogens (primary N) is 1. The molecule has 0 saturated carbocycles. The number of urea groups is 1. The number of rotatable bonds is 4. The predicted molar refractivity (Wildman–Crippen MR) is 59.2 cm³/mol. The smallest absolute Gasteiger partial charge is 0.339 e. The minimum absolute atomic E-state index is 0.484. The topological polar surface area (TPSA) is 75.8 Å². The van der Waals surface area contributed by atoms with Crippen molar-refractivity contribution in [1.82, 2.24) is 5.06 Å². The third-order valence-corrected chi connectivity index (χ3v) is 2.26. The summed E-state index contributed by atoms with van der Waals surface area (Å²) in [6, 6.07) is 5.77. The van der Waals surface area contributed by atoms with E-state index < -0.39 is 12.1 Å². The second-order valence-corrected chi connectivity index (χ2v) is 3.33. The van der Waals surface area contributed by atoms with Gasteiger partial charge >= 0.3 is 6.03 Å². The fraction of sp³-hybridized carbons (Fsp3) is 0.364. The Morgan fingerprint density at radius 3 is 2.75 bits per heavy atom. The van der Waals surface area contributed by atoms with E-state index in [2.05, 4.69) is 0 Å². The summed E-state index contributed by atoms with van der Waals surface area (Å²) in [7, 11) is 0. The molecule has 0 aliphatic carbocycles. The molecule has 0 aromatic heterocycles. The van der Waals surface area contributed by atoms with Crippen molar-refractivity contribution >= 4 is 6.03 Å². The zero-order chi connectivity index (χ0) is 12.1. The number of primary amides is 1. The lowest BCUT2D eigenvalue weighted by molar-refractivity contribution is -0.0715. The molecule has 0 aliphatic rings. The quantitative estimate of drug-likeness (QED) is 0.606. The number of carbonyl (C=O) groups is 1. The maximum atomic E-state index is 10.8. The van der Waals surface area contributed by atoms with Crippen molar-refractivity contribution in [3.63, 3.8) is 0 Å². The summed E-state index contributed by atoms with van der Waals surface area (Å²) in [6.45, 7) is 4.06. The molecule has 0 spiro atoms. The van der Waals surface area contributed by atoms with Gasteiger partial charge in [-0.05, 0) is 19.9 Å². The van der Waals surface area contributed by atoms with Crippen LogP contribution in [-0.2, 0) is 0 Å². The van der Waals surface area contributed by atoms with Crippen molar-refractivity contribution in [2.45, 2.75) is 19.9 Å². The molecule has 0 heterocycles. The Morgan fingerprint density at radius 2 is 2.19 bits per heavy atom. The van der Waals surface area contributed by atoms with Gasteiger partial charge in [-0.3, -0.25) is 5.21 Å². The van der Waals surface area contributed by atoms with E-state index in [-0.39, 0.29) is 0 Å². The lowest BCUT2D eigenvalue weighted by Gasteiger charge is -2.22. The van der Waals surface area contributed by atoms with E-state index in [4.69, 9.17) is 10.5 Å². The van der Waals surface area contributed by atoms with Crippen LogP contribution in [0.25, 0.3) is 0 Å². The minimum atomic E-state index is -0.890. The molecule has 1 rings (SSSR count). The average Bonchev–Trinajstić information content (AvgIpc) is 2.28. The number of benzene rings is 1. The van der Waals surface area contributed by atoms with Gasteiger partial charge in [-0.25, -0.2) is 4.79 Å². The van der Waals surface area contributed by atoms with Crippen molar-refractivity contribution in [1.29, 1.82) is 0 Å². The van der Waals surface area contributed by atoms with Crippen LogP contribution in [0, 0.1) is 0 Å². The summed E-state index contributed by atoms with van der Waals surface area (Å²) in [5.74, 6) is 0.637. The van der Waals surface area contributed by atoms with Gasteiger partial charge in [0, 0.05) is 5.56 Å². The van der Waals surface area contributed by atoms with Gasteiger partial charge in [0.05, 0.1) is 12.6 Å². The van der Waals surface area contributed by atoms with E-state index in [9.17, 15) is 10.0 Å². The lowest BCUT2D eigenvalue weighted by atomic mass is 10.1. The molecule has 1 aromatic rings. The van der Waals surface area contributed by atoms with Gasteiger partial charge in [0.25, 0.3) is 0 Å². The fourth-order valence-electron chi connectivity index (χ4n) is 1.44. The number of hydroxylamine groups is 2. The van der Waals surface area contributed by atoms with Crippen molar-refractivity contribution in [2.24, 2.45) is 5.73 Å². The molecule has 1 aromatic carbocycles. The number of para-hydroxylation sites is 1. The second-order valence-electron chi connectivity index (χ2n) is 3.33. The number of hydrogen-bond acceptors (Lipinski definition) is 3. The molecule has 0 aliphatic heterocycles. The summed E-state index contributed by atoms with van der Waals surface area (Å²) >= 11 is 0. The van der Waals surface area contributed by atoms with E-state index in [1.165, 1.54) is 0 Å². The van der Waals surface area contributed by atoms with Crippen molar-refractivity contribution in [3.8, 4) is 5.75 Å². The first-order valence-electron chi connectivity index (χ1n) is 5.07. The fourth-order valence-corrected chi connectivity index (χ4v) is 1.44. The summed E-state index contributed by atoms with van der Waals surface area (Å²) in [6.07, 6.45) is 0. The van der Waals surface area contributed by atoms with Gasteiger partial charge in [-0.2, -0.15) is 5.06 Å². The third-order valence-electron chi connectivity index (χ3n) is 2.26. The van der Waals surface area contributed by atoms with Crippen LogP contribution >= 0.6 is 0 Å². The zero-order valence-corrected chi connectivity index (χ0v) is 9.38. The number of nitrogens with zero attached hydrogens (tertiary/aromatic N) is 1.